The van der Waals surface area contributed by atoms with Crippen LogP contribution >= 0.6 is 0 Å². The summed E-state index contributed by atoms with van der Waals surface area (Å²) in [6.07, 6.45) is 4.44. The van der Waals surface area contributed by atoms with Crippen LogP contribution in [-0.4, -0.2) is 40.1 Å². The van der Waals surface area contributed by atoms with E-state index in [1.54, 1.807) is 10.9 Å². The lowest BCUT2D eigenvalue weighted by molar-refractivity contribution is 0.143. The van der Waals surface area contributed by atoms with Gasteiger partial charge in [-0.15, -0.1) is 0 Å². The van der Waals surface area contributed by atoms with E-state index in [0.717, 1.165) is 31.6 Å². The van der Waals surface area contributed by atoms with Crippen LogP contribution in [0.5, 0.6) is 0 Å². The van der Waals surface area contributed by atoms with E-state index in [-0.39, 0.29) is 17.5 Å². The number of rotatable bonds is 3. The summed E-state index contributed by atoms with van der Waals surface area (Å²) in [5, 5.41) is 10.6. The fraction of sp³-hybridized carbons (Fsp3) is 0.526. The molecule has 0 bridgehead atoms. The molecule has 0 radical (unpaired) electrons. The Hall–Kier alpha value is -2.41. The van der Waals surface area contributed by atoms with Crippen molar-refractivity contribution >= 4 is 11.8 Å². The molecule has 3 heterocycles. The predicted molar refractivity (Wildman–Crippen MR) is 101 cm³/mol. The Bertz CT molecular complexity index is 728. The lowest BCUT2D eigenvalue weighted by Crippen LogP contribution is -2.38. The van der Waals surface area contributed by atoms with Crippen molar-refractivity contribution in [2.75, 3.05) is 18.5 Å². The topological polar surface area (TPSA) is 81.1 Å². The number of nitrogens with one attached hydrogen (secondary N) is 2. The number of carbonyl (C=O) groups excluding carboxylic acids is 1. The Morgan fingerprint density at radius 3 is 2.85 bits per heavy atom. The second-order valence-corrected chi connectivity index (χ2v) is 7.60. The van der Waals surface area contributed by atoms with Crippen molar-refractivity contribution in [1.82, 2.24) is 20.1 Å². The van der Waals surface area contributed by atoms with Crippen LogP contribution in [0.25, 0.3) is 5.82 Å². The summed E-state index contributed by atoms with van der Waals surface area (Å²) >= 11 is 0. The van der Waals surface area contributed by atoms with Gasteiger partial charge in [-0.1, -0.05) is 26.8 Å². The number of ether oxygens (including phenoxy) is 1. The van der Waals surface area contributed by atoms with E-state index < -0.39 is 0 Å². The first kappa shape index (κ1) is 18.4. The van der Waals surface area contributed by atoms with Crippen LogP contribution < -0.4 is 10.6 Å². The summed E-state index contributed by atoms with van der Waals surface area (Å²) in [5.41, 5.74) is 0.757. The van der Waals surface area contributed by atoms with Crippen molar-refractivity contribution in [2.45, 2.75) is 51.5 Å². The summed E-state index contributed by atoms with van der Waals surface area (Å²) in [4.78, 5) is 16.9. The number of amides is 2. The van der Waals surface area contributed by atoms with Crippen molar-refractivity contribution in [1.29, 1.82) is 0 Å². The standard InChI is InChI=1S/C19H27N5O2/c1-19(2,3)15-13-17(24(23-15)16-8-4-5-10-20-16)22-18(25)21-14-7-6-11-26-12-9-14/h4-5,8,10,13-14H,6-7,9,11-12H2,1-3H3,(H2,21,22,25). The van der Waals surface area contributed by atoms with Crippen LogP contribution in [0.1, 0.15) is 45.7 Å². The van der Waals surface area contributed by atoms with Crippen LogP contribution in [0.2, 0.25) is 0 Å². The number of anilines is 1. The monoisotopic (exact) mass is 357 g/mol. The highest BCUT2D eigenvalue weighted by molar-refractivity contribution is 5.89. The molecule has 0 spiro atoms. The molecular formula is C19H27N5O2. The van der Waals surface area contributed by atoms with Crippen molar-refractivity contribution in [3.63, 3.8) is 0 Å². The van der Waals surface area contributed by atoms with E-state index in [0.29, 0.717) is 18.2 Å². The van der Waals surface area contributed by atoms with Gasteiger partial charge in [0.1, 0.15) is 5.82 Å². The number of urea groups is 1. The van der Waals surface area contributed by atoms with Gasteiger partial charge < -0.3 is 10.1 Å². The van der Waals surface area contributed by atoms with Gasteiger partial charge in [-0.3, -0.25) is 5.32 Å². The van der Waals surface area contributed by atoms with E-state index in [1.165, 1.54) is 0 Å². The minimum Gasteiger partial charge on any atom is -0.381 e. The zero-order valence-electron chi connectivity index (χ0n) is 15.7. The Morgan fingerprint density at radius 1 is 1.27 bits per heavy atom. The number of hydrogen-bond donors (Lipinski definition) is 2. The largest absolute Gasteiger partial charge is 0.381 e. The van der Waals surface area contributed by atoms with Crippen molar-refractivity contribution in [3.8, 4) is 5.82 Å². The maximum Gasteiger partial charge on any atom is 0.320 e. The normalized spacial score (nSPS) is 18.2. The minimum absolute atomic E-state index is 0.130. The molecule has 7 heteroatoms. The quantitative estimate of drug-likeness (QED) is 0.883. The van der Waals surface area contributed by atoms with E-state index in [9.17, 15) is 4.79 Å². The number of aromatic nitrogens is 3. The third-order valence-corrected chi connectivity index (χ3v) is 4.37. The molecule has 1 atom stereocenters. The average Bonchev–Trinajstić information content (AvgIpc) is 2.85. The van der Waals surface area contributed by atoms with E-state index in [2.05, 4.69) is 41.5 Å². The van der Waals surface area contributed by atoms with Gasteiger partial charge in [-0.2, -0.15) is 9.78 Å². The molecule has 2 amide bonds. The smallest absolute Gasteiger partial charge is 0.320 e. The van der Waals surface area contributed by atoms with E-state index >= 15 is 0 Å². The van der Waals surface area contributed by atoms with Crippen LogP contribution in [0.4, 0.5) is 10.6 Å². The van der Waals surface area contributed by atoms with Crippen LogP contribution in [0, 0.1) is 0 Å². The van der Waals surface area contributed by atoms with Crippen molar-refractivity contribution in [3.05, 3.63) is 36.2 Å². The number of nitrogens with zero attached hydrogens (tertiary/aromatic N) is 3. The Morgan fingerprint density at radius 2 is 2.12 bits per heavy atom. The van der Waals surface area contributed by atoms with Gasteiger partial charge in [0.2, 0.25) is 0 Å². The molecule has 0 aliphatic carbocycles. The molecule has 2 N–H and O–H groups in total. The average molecular weight is 357 g/mol. The van der Waals surface area contributed by atoms with Crippen LogP contribution in [-0.2, 0) is 10.2 Å². The highest BCUT2D eigenvalue weighted by atomic mass is 16.5. The molecule has 3 rings (SSSR count). The maximum atomic E-state index is 12.5. The van der Waals surface area contributed by atoms with Crippen molar-refractivity contribution < 1.29 is 9.53 Å². The molecule has 2 aromatic heterocycles. The van der Waals surface area contributed by atoms with Gasteiger partial charge in [0, 0.05) is 36.9 Å². The first-order chi connectivity index (χ1) is 12.4. The molecule has 140 valence electrons. The third kappa shape index (κ3) is 4.60. The molecule has 1 aliphatic heterocycles. The second-order valence-electron chi connectivity index (χ2n) is 7.60. The molecule has 2 aromatic rings. The Labute approximate surface area is 154 Å². The fourth-order valence-corrected chi connectivity index (χ4v) is 2.88. The Kier molecular flexibility index (Phi) is 5.56. The molecule has 1 unspecified atom stereocenters. The predicted octanol–water partition coefficient (Wildman–Crippen LogP) is 3.26. The van der Waals surface area contributed by atoms with Gasteiger partial charge in [-0.05, 0) is 31.4 Å². The van der Waals surface area contributed by atoms with Crippen molar-refractivity contribution in [2.24, 2.45) is 0 Å². The molecular weight excluding hydrogens is 330 g/mol. The third-order valence-electron chi connectivity index (χ3n) is 4.37. The number of hydrogen-bond acceptors (Lipinski definition) is 4. The van der Waals surface area contributed by atoms with Gasteiger partial charge in [0.15, 0.2) is 5.82 Å². The summed E-state index contributed by atoms with van der Waals surface area (Å²) in [6, 6.07) is 7.43. The second kappa shape index (κ2) is 7.86. The molecule has 1 fully saturated rings. The molecule has 0 aromatic carbocycles. The van der Waals surface area contributed by atoms with Crippen LogP contribution in [0.15, 0.2) is 30.5 Å². The first-order valence-corrected chi connectivity index (χ1v) is 9.11. The first-order valence-electron chi connectivity index (χ1n) is 9.11. The zero-order valence-corrected chi connectivity index (χ0v) is 15.7. The molecule has 1 saturated heterocycles. The van der Waals surface area contributed by atoms with Gasteiger partial charge in [0.05, 0.1) is 5.69 Å². The summed E-state index contributed by atoms with van der Waals surface area (Å²) < 4.78 is 7.13. The van der Waals surface area contributed by atoms with Gasteiger partial charge in [-0.25, -0.2) is 9.78 Å². The Balaban J connectivity index is 1.79. The van der Waals surface area contributed by atoms with E-state index in [4.69, 9.17) is 4.74 Å². The summed E-state index contributed by atoms with van der Waals surface area (Å²) in [7, 11) is 0. The highest BCUT2D eigenvalue weighted by Gasteiger charge is 2.22. The number of pyridine rings is 1. The van der Waals surface area contributed by atoms with Gasteiger partial charge in [0.25, 0.3) is 0 Å². The maximum absolute atomic E-state index is 12.5. The van der Waals surface area contributed by atoms with Gasteiger partial charge >= 0.3 is 6.03 Å². The highest BCUT2D eigenvalue weighted by Crippen LogP contribution is 2.25. The number of carbonyl (C=O) groups is 1. The molecule has 7 nitrogen and oxygen atoms in total. The SMILES string of the molecule is CC(C)(C)c1cc(NC(=O)NC2CCCOCC2)n(-c2ccccn2)n1. The molecule has 0 saturated carbocycles. The molecule has 1 aliphatic rings. The summed E-state index contributed by atoms with van der Waals surface area (Å²) in [5.74, 6) is 1.28. The van der Waals surface area contributed by atoms with Crippen LogP contribution in [0.3, 0.4) is 0 Å². The minimum atomic E-state index is -0.227. The zero-order chi connectivity index (χ0) is 18.6. The fourth-order valence-electron chi connectivity index (χ4n) is 2.88. The summed E-state index contributed by atoms with van der Waals surface area (Å²) in [6.45, 7) is 7.72. The van der Waals surface area contributed by atoms with E-state index in [1.807, 2.05) is 24.3 Å². The lowest BCUT2D eigenvalue weighted by atomic mass is 9.92. The molecule has 26 heavy (non-hydrogen) atoms. The lowest BCUT2D eigenvalue weighted by Gasteiger charge is -2.16.